The molecule has 31 heavy (non-hydrogen) atoms. The van der Waals surface area contributed by atoms with Crippen molar-refractivity contribution < 1.29 is 4.79 Å². The van der Waals surface area contributed by atoms with Crippen LogP contribution < -0.4 is 0 Å². The van der Waals surface area contributed by atoms with Crippen molar-refractivity contribution in [2.24, 2.45) is 0 Å². The first-order valence-corrected chi connectivity index (χ1v) is 10.6. The minimum Gasteiger partial charge on any atom is -0.294 e. The molecular weight excluding hydrogens is 406 g/mol. The number of carbonyl (C=O) groups excluding carboxylic acids is 1. The largest absolute Gasteiger partial charge is 0.294 e. The molecule has 4 aromatic rings. The molecule has 0 unspecified atom stereocenters. The molecule has 0 saturated heterocycles. The molecule has 2 heterocycles. The number of nitrogens with zero attached hydrogens (tertiary/aromatic N) is 3. The second kappa shape index (κ2) is 9.63. The third-order valence-electron chi connectivity index (χ3n) is 5.22. The first kappa shape index (κ1) is 20.9. The van der Waals surface area contributed by atoms with Gasteiger partial charge in [0.2, 0.25) is 0 Å². The van der Waals surface area contributed by atoms with Gasteiger partial charge in [-0.3, -0.25) is 9.78 Å². The van der Waals surface area contributed by atoms with Crippen LogP contribution in [0.1, 0.15) is 38.4 Å². The summed E-state index contributed by atoms with van der Waals surface area (Å²) in [6, 6.07) is 19.4. The Bertz CT molecular complexity index is 1190. The van der Waals surface area contributed by atoms with Gasteiger partial charge in [-0.05, 0) is 47.4 Å². The third kappa shape index (κ3) is 5.22. The van der Waals surface area contributed by atoms with E-state index in [2.05, 4.69) is 29.0 Å². The molecule has 0 aliphatic carbocycles. The highest BCUT2D eigenvalue weighted by molar-refractivity contribution is 6.17. The summed E-state index contributed by atoms with van der Waals surface area (Å²) in [4.78, 5) is 26.0. The number of alkyl halides is 1. The van der Waals surface area contributed by atoms with E-state index in [-0.39, 0.29) is 5.78 Å². The molecule has 2 aromatic carbocycles. The van der Waals surface area contributed by atoms with Gasteiger partial charge >= 0.3 is 0 Å². The van der Waals surface area contributed by atoms with Crippen LogP contribution in [0.15, 0.2) is 79.3 Å². The van der Waals surface area contributed by atoms with Gasteiger partial charge in [0.15, 0.2) is 5.78 Å². The average Bonchev–Trinajstić information content (AvgIpc) is 2.82. The minimum atomic E-state index is 0.0887. The van der Waals surface area contributed by atoms with Crippen molar-refractivity contribution in [3.63, 3.8) is 0 Å². The Labute approximate surface area is 187 Å². The highest BCUT2D eigenvalue weighted by atomic mass is 35.5. The first-order chi connectivity index (χ1) is 15.1. The fraction of sp³-hybridized carbons (Fsp3) is 0.154. The van der Waals surface area contributed by atoms with Crippen LogP contribution in [0.25, 0.3) is 11.3 Å². The zero-order valence-corrected chi connectivity index (χ0v) is 18.0. The molecule has 0 aliphatic heterocycles. The number of aromatic nitrogens is 3. The zero-order chi connectivity index (χ0) is 21.6. The smallest absolute Gasteiger partial charge is 0.167 e. The maximum Gasteiger partial charge on any atom is 0.167 e. The average molecular weight is 428 g/mol. The number of carbonyl (C=O) groups is 1. The summed E-state index contributed by atoms with van der Waals surface area (Å²) in [5.74, 6) is 1.27. The zero-order valence-electron chi connectivity index (χ0n) is 17.3. The summed E-state index contributed by atoms with van der Waals surface area (Å²) in [7, 11) is 0. The lowest BCUT2D eigenvalue weighted by Crippen LogP contribution is -2.05. The summed E-state index contributed by atoms with van der Waals surface area (Å²) in [6.45, 7) is 2.07. The normalized spacial score (nSPS) is 10.8. The highest BCUT2D eigenvalue weighted by Crippen LogP contribution is 2.19. The molecule has 0 bridgehead atoms. The van der Waals surface area contributed by atoms with E-state index in [1.54, 1.807) is 18.6 Å². The molecule has 4 nitrogen and oxygen atoms in total. The third-order valence-corrected chi connectivity index (χ3v) is 5.53. The topological polar surface area (TPSA) is 55.7 Å². The molecule has 0 spiro atoms. The van der Waals surface area contributed by atoms with Crippen LogP contribution in [0, 0.1) is 6.92 Å². The van der Waals surface area contributed by atoms with E-state index >= 15 is 0 Å². The molecule has 2 aromatic heterocycles. The second-order valence-electron chi connectivity index (χ2n) is 7.47. The van der Waals surface area contributed by atoms with E-state index in [1.807, 2.05) is 48.5 Å². The first-order valence-electron chi connectivity index (χ1n) is 10.1. The summed E-state index contributed by atoms with van der Waals surface area (Å²) in [6.07, 6.45) is 6.27. The molecule has 0 radical (unpaired) electrons. The Morgan fingerprint density at radius 2 is 1.77 bits per heavy atom. The summed E-state index contributed by atoms with van der Waals surface area (Å²) >= 11 is 5.83. The highest BCUT2D eigenvalue weighted by Gasteiger charge is 2.11. The van der Waals surface area contributed by atoms with Gasteiger partial charge in [-0.15, -0.1) is 11.6 Å². The molecule has 4 rings (SSSR count). The van der Waals surface area contributed by atoms with Crippen molar-refractivity contribution >= 4 is 17.4 Å². The number of halogens is 1. The quantitative estimate of drug-likeness (QED) is 0.284. The standard InChI is InChI=1S/C26H22ClN3O/c1-18-4-5-20(14-25(31)21-8-6-19(16-27)7-9-21)13-23(18)15-26-29-12-10-24(30-26)22-3-2-11-28-17-22/h2-13,17H,14-16H2,1H3. The molecule has 5 heteroatoms. The number of hydrogen-bond acceptors (Lipinski definition) is 4. The van der Waals surface area contributed by atoms with Crippen molar-refractivity contribution in [1.82, 2.24) is 15.0 Å². The van der Waals surface area contributed by atoms with Crippen LogP contribution in [-0.2, 0) is 18.7 Å². The summed E-state index contributed by atoms with van der Waals surface area (Å²) in [5.41, 5.74) is 6.76. The molecule has 0 aliphatic rings. The van der Waals surface area contributed by atoms with Crippen molar-refractivity contribution in [3.8, 4) is 11.3 Å². The van der Waals surface area contributed by atoms with Crippen molar-refractivity contribution in [2.45, 2.75) is 25.6 Å². The molecule has 0 fully saturated rings. The Morgan fingerprint density at radius 3 is 2.52 bits per heavy atom. The number of aryl methyl sites for hydroxylation is 1. The Kier molecular flexibility index (Phi) is 6.48. The van der Waals surface area contributed by atoms with E-state index in [4.69, 9.17) is 16.6 Å². The van der Waals surface area contributed by atoms with Gasteiger partial charge in [-0.25, -0.2) is 9.97 Å². The lowest BCUT2D eigenvalue weighted by atomic mass is 9.97. The maximum atomic E-state index is 12.7. The van der Waals surface area contributed by atoms with Crippen molar-refractivity contribution in [3.05, 3.63) is 113 Å². The van der Waals surface area contributed by atoms with Crippen LogP contribution in [0.5, 0.6) is 0 Å². The number of pyridine rings is 1. The van der Waals surface area contributed by atoms with Gasteiger partial charge in [0.05, 0.1) is 5.69 Å². The van der Waals surface area contributed by atoms with Gasteiger partial charge in [-0.2, -0.15) is 0 Å². The predicted octanol–water partition coefficient (Wildman–Crippen LogP) is 5.60. The van der Waals surface area contributed by atoms with E-state index < -0.39 is 0 Å². The number of rotatable bonds is 7. The summed E-state index contributed by atoms with van der Waals surface area (Å²) < 4.78 is 0. The lowest BCUT2D eigenvalue weighted by molar-refractivity contribution is 0.0993. The maximum absolute atomic E-state index is 12.7. The fourth-order valence-corrected chi connectivity index (χ4v) is 3.60. The Balaban J connectivity index is 1.52. The van der Waals surface area contributed by atoms with E-state index in [9.17, 15) is 4.79 Å². The molecule has 0 saturated carbocycles. The second-order valence-corrected chi connectivity index (χ2v) is 7.74. The fourth-order valence-electron chi connectivity index (χ4n) is 3.42. The van der Waals surface area contributed by atoms with Gasteiger partial charge in [0.25, 0.3) is 0 Å². The monoisotopic (exact) mass is 427 g/mol. The molecule has 154 valence electrons. The molecule has 0 amide bonds. The SMILES string of the molecule is Cc1ccc(CC(=O)c2ccc(CCl)cc2)cc1Cc1nccc(-c2cccnc2)n1. The van der Waals surface area contributed by atoms with E-state index in [0.29, 0.717) is 24.3 Å². The Morgan fingerprint density at radius 1 is 0.968 bits per heavy atom. The molecule has 0 atom stereocenters. The molecule has 0 N–H and O–H groups in total. The van der Waals surface area contributed by atoms with Crippen LogP contribution in [0.2, 0.25) is 0 Å². The number of hydrogen-bond donors (Lipinski definition) is 0. The van der Waals surface area contributed by atoms with Crippen LogP contribution in [0.3, 0.4) is 0 Å². The van der Waals surface area contributed by atoms with E-state index in [1.165, 1.54) is 0 Å². The van der Waals surface area contributed by atoms with Crippen molar-refractivity contribution in [2.75, 3.05) is 0 Å². The number of ketones is 1. The van der Waals surface area contributed by atoms with Crippen molar-refractivity contribution in [1.29, 1.82) is 0 Å². The predicted molar refractivity (Wildman–Crippen MR) is 123 cm³/mol. The lowest BCUT2D eigenvalue weighted by Gasteiger charge is -2.10. The number of Topliss-reactive ketones (excluding diaryl/α,β-unsaturated/α-hetero) is 1. The van der Waals surface area contributed by atoms with Gasteiger partial charge in [0.1, 0.15) is 5.82 Å². The minimum absolute atomic E-state index is 0.0887. The summed E-state index contributed by atoms with van der Waals surface area (Å²) in [5, 5.41) is 0. The van der Waals surface area contributed by atoms with Gasteiger partial charge in [-0.1, -0.05) is 42.5 Å². The Hall–Kier alpha value is -3.37. The van der Waals surface area contributed by atoms with Crippen LogP contribution in [0.4, 0.5) is 0 Å². The van der Waals surface area contributed by atoms with Gasteiger partial charge < -0.3 is 0 Å². The van der Waals surface area contributed by atoms with Crippen LogP contribution >= 0.6 is 11.6 Å². The van der Waals surface area contributed by atoms with Gasteiger partial charge in [0, 0.05) is 48.4 Å². The number of benzene rings is 2. The molecular formula is C26H22ClN3O. The van der Waals surface area contributed by atoms with E-state index in [0.717, 1.165) is 39.3 Å². The van der Waals surface area contributed by atoms with Crippen LogP contribution in [-0.4, -0.2) is 20.7 Å².